The topological polar surface area (TPSA) is 140 Å². The number of halogens is 1. The molecule has 0 saturated carbocycles. The Balaban J connectivity index is 1.44. The monoisotopic (exact) mass is 685 g/mol. The molecule has 1 saturated heterocycles. The Hall–Kier alpha value is -4.80. The first-order valence-electron chi connectivity index (χ1n) is 14.4. The molecule has 1 aliphatic rings. The van der Waals surface area contributed by atoms with Gasteiger partial charge in [0.15, 0.2) is 11.5 Å². The van der Waals surface area contributed by atoms with Crippen molar-refractivity contribution in [2.75, 3.05) is 59.1 Å². The maximum Gasteiger partial charge on any atom is 0.409 e. The fraction of sp³-hybridized carbons (Fsp3) is 0.290. The number of aromatic nitrogens is 1. The van der Waals surface area contributed by atoms with Gasteiger partial charge in [-0.3, -0.25) is 4.79 Å². The predicted molar refractivity (Wildman–Crippen MR) is 174 cm³/mol. The number of hydrogen-bond acceptors (Lipinski definition) is 11. The number of benzene rings is 3. The van der Waals surface area contributed by atoms with Crippen molar-refractivity contribution in [3.05, 3.63) is 71.5 Å². The molecule has 13 nitrogen and oxygen atoms in total. The normalized spacial score (nSPS) is 13.9. The van der Waals surface area contributed by atoms with Gasteiger partial charge in [0.05, 0.1) is 49.3 Å². The number of anilines is 1. The van der Waals surface area contributed by atoms with Crippen LogP contribution >= 0.6 is 11.3 Å². The minimum absolute atomic E-state index is 0.0124. The van der Waals surface area contributed by atoms with E-state index in [2.05, 4.69) is 10.1 Å². The van der Waals surface area contributed by atoms with E-state index in [0.717, 1.165) is 16.3 Å². The van der Waals surface area contributed by atoms with Gasteiger partial charge in [0.1, 0.15) is 5.82 Å². The van der Waals surface area contributed by atoms with Crippen molar-refractivity contribution in [1.82, 2.24) is 14.2 Å². The van der Waals surface area contributed by atoms with Crippen LogP contribution in [-0.2, 0) is 14.8 Å². The van der Waals surface area contributed by atoms with Gasteiger partial charge in [-0.05, 0) is 61.5 Å². The largest absolute Gasteiger partial charge is 0.493 e. The van der Waals surface area contributed by atoms with E-state index in [-0.39, 0.29) is 48.4 Å². The van der Waals surface area contributed by atoms with Gasteiger partial charge < -0.3 is 23.8 Å². The third-order valence-corrected chi connectivity index (χ3v) is 10.1. The minimum atomic E-state index is -3.90. The molecular weight excluding hydrogens is 654 g/mol. The van der Waals surface area contributed by atoms with Crippen LogP contribution < -0.4 is 19.2 Å². The molecule has 1 aliphatic heterocycles. The molecule has 4 aromatic rings. The number of carbonyl (C=O) groups is 2. The van der Waals surface area contributed by atoms with E-state index in [1.165, 1.54) is 79.2 Å². The highest BCUT2D eigenvalue weighted by Gasteiger charge is 2.31. The van der Waals surface area contributed by atoms with Crippen LogP contribution in [0, 0.1) is 5.82 Å². The number of piperazine rings is 1. The minimum Gasteiger partial charge on any atom is -0.493 e. The number of thiazole rings is 1. The lowest BCUT2D eigenvalue weighted by Gasteiger charge is -2.33. The molecule has 47 heavy (non-hydrogen) atoms. The second kappa shape index (κ2) is 14.3. The van der Waals surface area contributed by atoms with E-state index >= 15 is 0 Å². The molecule has 0 bridgehead atoms. The van der Waals surface area contributed by atoms with Gasteiger partial charge in [-0.25, -0.2) is 22.6 Å². The average molecular weight is 686 g/mol. The van der Waals surface area contributed by atoms with Crippen LogP contribution in [0.25, 0.3) is 10.2 Å². The Morgan fingerprint density at radius 3 is 2.23 bits per heavy atom. The standard InChI is InChI=1S/C31H32FN5O8S2/c1-5-45-31(39)35-12-14-36(15-13-35)47(40,41)23-9-6-21(7-10-23)29(38)37(30-34-24-11-8-22(32)18-27(24)46-30)33-19-20-16-25(42-2)28(44-4)26(17-20)43-3/h6-11,16-19H,5,12-15H2,1-4H3/b33-19+. The zero-order valence-electron chi connectivity index (χ0n) is 26.0. The van der Waals surface area contributed by atoms with Crippen LogP contribution in [0.15, 0.2) is 64.6 Å². The molecule has 0 unspecified atom stereocenters. The van der Waals surface area contributed by atoms with Crippen LogP contribution in [-0.4, -0.2) is 94.9 Å². The van der Waals surface area contributed by atoms with Gasteiger partial charge >= 0.3 is 6.09 Å². The maximum atomic E-state index is 14.0. The molecule has 16 heteroatoms. The van der Waals surface area contributed by atoms with Gasteiger partial charge in [-0.2, -0.15) is 14.4 Å². The summed E-state index contributed by atoms with van der Waals surface area (Å²) in [4.78, 5) is 31.8. The number of ether oxygens (including phenoxy) is 4. The molecule has 0 atom stereocenters. The summed E-state index contributed by atoms with van der Waals surface area (Å²) in [5.41, 5.74) is 1.11. The van der Waals surface area contributed by atoms with Crippen molar-refractivity contribution in [2.45, 2.75) is 11.8 Å². The number of hydrogen-bond donors (Lipinski definition) is 0. The number of nitrogens with zero attached hydrogens (tertiary/aromatic N) is 5. The molecule has 2 heterocycles. The molecule has 1 aromatic heterocycles. The third-order valence-electron chi connectivity index (χ3n) is 7.23. The number of sulfonamides is 1. The number of methoxy groups -OCH3 is 3. The van der Waals surface area contributed by atoms with Crippen LogP contribution in [0.4, 0.5) is 14.3 Å². The van der Waals surface area contributed by atoms with E-state index in [1.807, 2.05) is 0 Å². The van der Waals surface area contributed by atoms with Gasteiger partial charge in [0, 0.05) is 37.3 Å². The number of amides is 2. The zero-order valence-corrected chi connectivity index (χ0v) is 27.6. The lowest BCUT2D eigenvalue weighted by atomic mass is 10.2. The molecule has 5 rings (SSSR count). The lowest BCUT2D eigenvalue weighted by molar-refractivity contribution is 0.0933. The SMILES string of the molecule is CCOC(=O)N1CCN(S(=O)(=O)c2ccc(C(=O)N(/N=C/c3cc(OC)c(OC)c(OC)c3)c3nc4ccc(F)cc4s3)cc2)CC1. The Morgan fingerprint density at radius 2 is 1.64 bits per heavy atom. The van der Waals surface area contributed by atoms with Crippen LogP contribution in [0.5, 0.6) is 17.2 Å². The van der Waals surface area contributed by atoms with E-state index in [0.29, 0.717) is 33.0 Å². The molecule has 0 aliphatic carbocycles. The van der Waals surface area contributed by atoms with Crippen molar-refractivity contribution in [2.24, 2.45) is 5.10 Å². The summed E-state index contributed by atoms with van der Waals surface area (Å²) < 4.78 is 63.7. The molecule has 3 aromatic carbocycles. The van der Waals surface area contributed by atoms with Gasteiger partial charge in [-0.15, -0.1) is 0 Å². The van der Waals surface area contributed by atoms with Crippen molar-refractivity contribution in [1.29, 1.82) is 0 Å². The van der Waals surface area contributed by atoms with Crippen LogP contribution in [0.2, 0.25) is 0 Å². The van der Waals surface area contributed by atoms with Gasteiger partial charge in [0.25, 0.3) is 5.91 Å². The lowest BCUT2D eigenvalue weighted by Crippen LogP contribution is -2.50. The molecular formula is C31H32FN5O8S2. The molecule has 0 N–H and O–H groups in total. The molecule has 248 valence electrons. The second-order valence-electron chi connectivity index (χ2n) is 10.0. The number of fused-ring (bicyclic) bond motifs is 1. The third kappa shape index (κ3) is 7.13. The number of carbonyl (C=O) groups excluding carboxylic acids is 2. The van der Waals surface area contributed by atoms with E-state index in [9.17, 15) is 22.4 Å². The van der Waals surface area contributed by atoms with Crippen molar-refractivity contribution in [3.8, 4) is 17.2 Å². The first-order chi connectivity index (χ1) is 22.6. The summed E-state index contributed by atoms with van der Waals surface area (Å²) in [5.74, 6) is 0.0662. The quantitative estimate of drug-likeness (QED) is 0.173. The average Bonchev–Trinajstić information content (AvgIpc) is 3.50. The van der Waals surface area contributed by atoms with Crippen LogP contribution in [0.3, 0.4) is 0 Å². The first-order valence-corrected chi connectivity index (χ1v) is 16.6. The number of rotatable bonds is 10. The van der Waals surface area contributed by atoms with Gasteiger partial charge in [-0.1, -0.05) is 11.3 Å². The molecule has 0 spiro atoms. The molecule has 2 amide bonds. The fourth-order valence-corrected chi connectivity index (χ4v) is 7.20. The number of hydrazone groups is 1. The highest BCUT2D eigenvalue weighted by molar-refractivity contribution is 7.89. The summed E-state index contributed by atoms with van der Waals surface area (Å²) in [6, 6.07) is 12.8. The summed E-state index contributed by atoms with van der Waals surface area (Å²) in [7, 11) is 0.522. The summed E-state index contributed by atoms with van der Waals surface area (Å²) in [5, 5.41) is 5.66. The molecule has 1 fully saturated rings. The summed E-state index contributed by atoms with van der Waals surface area (Å²) in [6.45, 7) is 2.52. The van der Waals surface area contributed by atoms with E-state index in [1.54, 1.807) is 19.1 Å². The van der Waals surface area contributed by atoms with Crippen LogP contribution in [0.1, 0.15) is 22.8 Å². The van der Waals surface area contributed by atoms with Gasteiger partial charge in [0.2, 0.25) is 20.9 Å². The smallest absolute Gasteiger partial charge is 0.409 e. The summed E-state index contributed by atoms with van der Waals surface area (Å²) >= 11 is 1.06. The highest BCUT2D eigenvalue weighted by Crippen LogP contribution is 2.38. The summed E-state index contributed by atoms with van der Waals surface area (Å²) in [6.07, 6.45) is 0.923. The maximum absolute atomic E-state index is 14.0. The Bertz CT molecular complexity index is 1880. The fourth-order valence-electron chi connectivity index (χ4n) is 4.83. The predicted octanol–water partition coefficient (Wildman–Crippen LogP) is 4.60. The zero-order chi connectivity index (χ0) is 33.7. The van der Waals surface area contributed by atoms with E-state index in [4.69, 9.17) is 18.9 Å². The highest BCUT2D eigenvalue weighted by atomic mass is 32.2. The van der Waals surface area contributed by atoms with E-state index < -0.39 is 27.8 Å². The Labute approximate surface area is 274 Å². The molecule has 0 radical (unpaired) electrons. The Morgan fingerprint density at radius 1 is 0.979 bits per heavy atom. The Kier molecular flexibility index (Phi) is 10.2. The van der Waals surface area contributed by atoms with Crippen molar-refractivity contribution < 1.29 is 41.3 Å². The van der Waals surface area contributed by atoms with Crippen molar-refractivity contribution in [3.63, 3.8) is 0 Å². The first kappa shape index (κ1) is 33.6. The second-order valence-corrected chi connectivity index (χ2v) is 13.0. The van der Waals surface area contributed by atoms with Crippen molar-refractivity contribution >= 4 is 54.9 Å².